The molecule has 0 aliphatic heterocycles. The molecule has 206 valence electrons. The van der Waals surface area contributed by atoms with Crippen molar-refractivity contribution in [1.29, 1.82) is 0 Å². The Balaban J connectivity index is 1.53. The first-order chi connectivity index (χ1) is 18.4. The van der Waals surface area contributed by atoms with Crippen LogP contribution in [0.5, 0.6) is 0 Å². The lowest BCUT2D eigenvalue weighted by Crippen LogP contribution is -2.53. The Hall–Kier alpha value is -2.81. The van der Waals surface area contributed by atoms with Crippen molar-refractivity contribution >= 4 is 36.6 Å². The minimum atomic E-state index is -2.35. The molecule has 1 N–H and O–H groups in total. The van der Waals surface area contributed by atoms with Crippen LogP contribution in [0.3, 0.4) is 0 Å². The van der Waals surface area contributed by atoms with E-state index in [0.717, 1.165) is 34.1 Å². The van der Waals surface area contributed by atoms with Crippen molar-refractivity contribution in [3.8, 4) is 11.1 Å². The maximum atomic E-state index is 13.9. The lowest BCUT2D eigenvalue weighted by molar-refractivity contribution is -0.115. The number of hydrogen-bond acceptors (Lipinski definition) is 4. The zero-order valence-corrected chi connectivity index (χ0v) is 25.5. The first-order valence-electron chi connectivity index (χ1n) is 13.1. The lowest BCUT2D eigenvalue weighted by Gasteiger charge is -2.39. The van der Waals surface area contributed by atoms with Gasteiger partial charge in [0.2, 0.25) is 0 Å². The maximum absolute atomic E-state index is 13.9. The molecule has 0 saturated carbocycles. The number of rotatable bonds is 9. The summed E-state index contributed by atoms with van der Waals surface area (Å²) >= 11 is 3.22. The average molecular weight is 613 g/mol. The monoisotopic (exact) mass is 611 g/mol. The topological polar surface area (TPSA) is 64.6 Å². The number of halogens is 2. The van der Waals surface area contributed by atoms with Crippen LogP contribution >= 0.6 is 15.9 Å². The molecule has 3 aromatic rings. The van der Waals surface area contributed by atoms with Gasteiger partial charge in [-0.3, -0.25) is 0 Å². The highest BCUT2D eigenvalue weighted by molar-refractivity contribution is 9.10. The highest BCUT2D eigenvalue weighted by Crippen LogP contribution is 2.44. The molecule has 4 rings (SSSR count). The molecule has 0 saturated heterocycles. The van der Waals surface area contributed by atoms with E-state index in [-0.39, 0.29) is 29.8 Å². The fraction of sp³-hybridized carbons (Fsp3) is 0.355. The van der Waals surface area contributed by atoms with Crippen LogP contribution in [0.2, 0.25) is 18.1 Å². The Morgan fingerprint density at radius 2 is 1.64 bits per heavy atom. The number of alkyl carbamates (subject to hydrolysis) is 1. The van der Waals surface area contributed by atoms with Gasteiger partial charge >= 0.3 is 6.09 Å². The second-order valence-corrected chi connectivity index (χ2v) is 17.1. The Labute approximate surface area is 239 Å². The maximum Gasteiger partial charge on any atom is 0.407 e. The van der Waals surface area contributed by atoms with Crippen molar-refractivity contribution in [3.05, 3.63) is 93.7 Å². The summed E-state index contributed by atoms with van der Waals surface area (Å²) in [7, 11) is -2.35. The number of carbonyl (C=O) groups excluding carboxylic acids is 2. The molecule has 1 aliphatic carbocycles. The van der Waals surface area contributed by atoms with Crippen molar-refractivity contribution in [2.45, 2.75) is 63.4 Å². The molecule has 2 atom stereocenters. The average Bonchev–Trinajstić information content (AvgIpc) is 3.21. The van der Waals surface area contributed by atoms with Crippen LogP contribution in [0.4, 0.5) is 9.18 Å². The van der Waals surface area contributed by atoms with E-state index in [1.165, 1.54) is 6.07 Å². The molecular weight excluding hydrogens is 577 g/mol. The molecule has 39 heavy (non-hydrogen) atoms. The molecule has 0 bridgehead atoms. The van der Waals surface area contributed by atoms with Gasteiger partial charge in [-0.25, -0.2) is 9.18 Å². The fourth-order valence-electron chi connectivity index (χ4n) is 4.68. The number of carbonyl (C=O) groups is 2. The molecule has 8 heteroatoms. The third-order valence-corrected chi connectivity index (χ3v) is 12.9. The molecule has 1 amide bonds. The van der Waals surface area contributed by atoms with Crippen LogP contribution in [0.1, 0.15) is 43.4 Å². The van der Waals surface area contributed by atoms with Crippen molar-refractivity contribution in [1.82, 2.24) is 5.32 Å². The normalized spacial score (nSPS) is 14.7. The zero-order chi connectivity index (χ0) is 28.4. The Morgan fingerprint density at radius 3 is 2.18 bits per heavy atom. The summed E-state index contributed by atoms with van der Waals surface area (Å²) in [6, 6.07) is 20.2. The van der Waals surface area contributed by atoms with E-state index in [1.54, 1.807) is 12.1 Å². The van der Waals surface area contributed by atoms with E-state index in [2.05, 4.69) is 79.4 Å². The van der Waals surface area contributed by atoms with Gasteiger partial charge in [-0.2, -0.15) is 0 Å². The van der Waals surface area contributed by atoms with Gasteiger partial charge in [0.25, 0.3) is 0 Å². The predicted molar refractivity (Wildman–Crippen MR) is 158 cm³/mol. The third kappa shape index (κ3) is 6.50. The summed E-state index contributed by atoms with van der Waals surface area (Å²) in [5.41, 5.74) is 5.27. The number of nitrogens with one attached hydrogen (secondary N) is 1. The van der Waals surface area contributed by atoms with E-state index >= 15 is 0 Å². The van der Waals surface area contributed by atoms with Crippen molar-refractivity contribution in [2.75, 3.05) is 6.61 Å². The number of fused-ring (bicyclic) bond motifs is 3. The van der Waals surface area contributed by atoms with Crippen molar-refractivity contribution in [2.24, 2.45) is 0 Å². The summed E-state index contributed by atoms with van der Waals surface area (Å²) in [5.74, 6) is -0.468. The summed E-state index contributed by atoms with van der Waals surface area (Å²) in [5, 5.41) is 2.75. The first kappa shape index (κ1) is 29.2. The summed E-state index contributed by atoms with van der Waals surface area (Å²) in [6.45, 7) is 10.5. The van der Waals surface area contributed by atoms with E-state index in [9.17, 15) is 14.0 Å². The molecule has 0 spiro atoms. The fourth-order valence-corrected chi connectivity index (χ4v) is 6.36. The van der Waals surface area contributed by atoms with Crippen LogP contribution in [-0.2, 0) is 20.4 Å². The highest BCUT2D eigenvalue weighted by atomic mass is 79.9. The molecule has 5 nitrogen and oxygen atoms in total. The van der Waals surface area contributed by atoms with Crippen LogP contribution < -0.4 is 5.32 Å². The summed E-state index contributed by atoms with van der Waals surface area (Å²) in [4.78, 5) is 25.5. The van der Waals surface area contributed by atoms with Gasteiger partial charge in [-0.05, 0) is 80.4 Å². The summed E-state index contributed by atoms with van der Waals surface area (Å²) < 4.78 is 26.4. The van der Waals surface area contributed by atoms with Crippen molar-refractivity contribution in [3.63, 3.8) is 0 Å². The van der Waals surface area contributed by atoms with Crippen LogP contribution in [0.15, 0.2) is 71.2 Å². The molecule has 0 radical (unpaired) electrons. The van der Waals surface area contributed by atoms with Gasteiger partial charge in [0.15, 0.2) is 8.32 Å². The first-order valence-corrected chi connectivity index (χ1v) is 16.8. The van der Waals surface area contributed by atoms with Crippen molar-refractivity contribution < 1.29 is 23.1 Å². The van der Waals surface area contributed by atoms with Crippen LogP contribution in [0.25, 0.3) is 11.1 Å². The van der Waals surface area contributed by atoms with Crippen LogP contribution in [-0.4, -0.2) is 39.4 Å². The Bertz CT molecular complexity index is 1310. The standard InChI is InChI=1S/C31H35BrFNO4Si/c1-31(2,3)39(4,5)38-29(18-35)28(17-20-14-15-27(33)26(32)16-20)34-30(36)37-19-25-23-12-8-6-10-21(23)22-11-7-9-13-24(22)25/h6-16,18,25,28-29H,17,19H2,1-5H3,(H,34,36)/t28-,29+/m0/s1. The lowest BCUT2D eigenvalue weighted by atomic mass is 9.98. The van der Waals surface area contributed by atoms with E-state index in [1.807, 2.05) is 24.3 Å². The second kappa shape index (κ2) is 11.7. The van der Waals surface area contributed by atoms with E-state index < -0.39 is 26.6 Å². The minimum Gasteiger partial charge on any atom is -0.449 e. The molecule has 0 heterocycles. The third-order valence-electron chi connectivity index (χ3n) is 7.85. The smallest absolute Gasteiger partial charge is 0.407 e. The summed E-state index contributed by atoms with van der Waals surface area (Å²) in [6.07, 6.45) is -0.516. The van der Waals surface area contributed by atoms with E-state index in [4.69, 9.17) is 9.16 Å². The largest absolute Gasteiger partial charge is 0.449 e. The zero-order valence-electron chi connectivity index (χ0n) is 23.0. The molecule has 0 fully saturated rings. The molecule has 0 unspecified atom stereocenters. The number of aldehydes is 1. The Kier molecular flexibility index (Phi) is 8.78. The highest BCUT2D eigenvalue weighted by Gasteiger charge is 2.41. The Morgan fingerprint density at radius 1 is 1.05 bits per heavy atom. The SMILES string of the molecule is CC(C)(C)[Si](C)(C)O[C@H](C=O)[C@H](Cc1ccc(F)c(Br)c1)NC(=O)OCC1c2ccccc2-c2ccccc21. The van der Waals surface area contributed by atoms with Gasteiger partial charge in [-0.15, -0.1) is 0 Å². The molecule has 1 aliphatic rings. The predicted octanol–water partition coefficient (Wildman–Crippen LogP) is 7.63. The second-order valence-electron chi connectivity index (χ2n) is 11.5. The van der Waals surface area contributed by atoms with Crippen LogP contribution in [0, 0.1) is 5.82 Å². The molecule has 3 aromatic carbocycles. The van der Waals surface area contributed by atoms with Gasteiger partial charge in [-0.1, -0.05) is 75.4 Å². The van der Waals surface area contributed by atoms with E-state index in [0.29, 0.717) is 4.47 Å². The minimum absolute atomic E-state index is 0.0833. The van der Waals surface area contributed by atoms with Gasteiger partial charge < -0.3 is 19.3 Å². The van der Waals surface area contributed by atoms with Gasteiger partial charge in [0.1, 0.15) is 24.8 Å². The molecule has 0 aromatic heterocycles. The van der Waals surface area contributed by atoms with Gasteiger partial charge in [0, 0.05) is 5.92 Å². The van der Waals surface area contributed by atoms with Gasteiger partial charge in [0.05, 0.1) is 10.5 Å². The number of benzene rings is 3. The molecular formula is C31H35BrFNO4Si. The number of amides is 1. The quantitative estimate of drug-likeness (QED) is 0.199. The number of hydrogen-bond donors (Lipinski definition) is 1. The number of ether oxygens (including phenoxy) is 1.